The highest BCUT2D eigenvalue weighted by atomic mass is 35.5. The van der Waals surface area contributed by atoms with Crippen LogP contribution in [0.2, 0.25) is 5.02 Å². The van der Waals surface area contributed by atoms with E-state index in [1.807, 2.05) is 17.0 Å². The van der Waals surface area contributed by atoms with Gasteiger partial charge in [-0.05, 0) is 73.2 Å². The second kappa shape index (κ2) is 10.1. The molecule has 0 unspecified atom stereocenters. The van der Waals surface area contributed by atoms with Crippen molar-refractivity contribution in [3.8, 4) is 0 Å². The third-order valence-electron chi connectivity index (χ3n) is 7.40. The van der Waals surface area contributed by atoms with Gasteiger partial charge in [0.25, 0.3) is 5.91 Å². The molecule has 0 aliphatic carbocycles. The molecule has 3 aromatic rings. The van der Waals surface area contributed by atoms with Gasteiger partial charge < -0.3 is 9.80 Å². The van der Waals surface area contributed by atoms with Gasteiger partial charge in [0.15, 0.2) is 0 Å². The van der Waals surface area contributed by atoms with Crippen molar-refractivity contribution in [2.45, 2.75) is 24.7 Å². The highest BCUT2D eigenvalue weighted by Gasteiger charge is 2.37. The number of carbonyl (C=O) groups excluding carboxylic acids is 1. The first-order valence-corrected chi connectivity index (χ1v) is 12.4. The average molecular weight is 459 g/mol. The molecular weight excluding hydrogens is 428 g/mol. The number of piperidine rings is 1. The third-order valence-corrected chi connectivity index (χ3v) is 7.65. The number of likely N-dealkylation sites (tertiary alicyclic amines) is 2. The van der Waals surface area contributed by atoms with Crippen LogP contribution in [0.25, 0.3) is 0 Å². The predicted molar refractivity (Wildman–Crippen MR) is 135 cm³/mol. The van der Waals surface area contributed by atoms with Gasteiger partial charge in [-0.2, -0.15) is 0 Å². The van der Waals surface area contributed by atoms with E-state index in [1.54, 1.807) is 12.1 Å². The van der Waals surface area contributed by atoms with Crippen LogP contribution in [-0.2, 0) is 0 Å². The van der Waals surface area contributed by atoms with Gasteiger partial charge in [0.2, 0.25) is 0 Å². The van der Waals surface area contributed by atoms with Crippen LogP contribution in [-0.4, -0.2) is 48.4 Å². The van der Waals surface area contributed by atoms with Crippen molar-refractivity contribution in [2.24, 2.45) is 5.92 Å². The molecule has 3 nitrogen and oxygen atoms in total. The first kappa shape index (κ1) is 22.2. The minimum Gasteiger partial charge on any atom is -0.338 e. The minimum atomic E-state index is 0.109. The van der Waals surface area contributed by atoms with Crippen molar-refractivity contribution < 1.29 is 4.79 Å². The van der Waals surface area contributed by atoms with E-state index in [1.165, 1.54) is 24.0 Å². The zero-order chi connectivity index (χ0) is 22.6. The van der Waals surface area contributed by atoms with Gasteiger partial charge in [0.05, 0.1) is 0 Å². The molecule has 0 aromatic heterocycles. The second-order valence-corrected chi connectivity index (χ2v) is 9.92. The number of nitrogens with zero attached hydrogens (tertiary/aromatic N) is 2. The zero-order valence-corrected chi connectivity index (χ0v) is 19.7. The zero-order valence-electron chi connectivity index (χ0n) is 18.9. The molecule has 33 heavy (non-hydrogen) atoms. The van der Waals surface area contributed by atoms with Gasteiger partial charge in [-0.25, -0.2) is 0 Å². The largest absolute Gasteiger partial charge is 0.338 e. The Balaban J connectivity index is 1.27. The highest BCUT2D eigenvalue weighted by molar-refractivity contribution is 6.30. The molecule has 2 heterocycles. The van der Waals surface area contributed by atoms with Crippen molar-refractivity contribution in [3.63, 3.8) is 0 Å². The lowest BCUT2D eigenvalue weighted by Crippen LogP contribution is -2.38. The van der Waals surface area contributed by atoms with E-state index in [9.17, 15) is 4.79 Å². The molecule has 2 aliphatic rings. The molecule has 2 aliphatic heterocycles. The molecule has 4 heteroatoms. The van der Waals surface area contributed by atoms with Crippen molar-refractivity contribution >= 4 is 17.5 Å². The number of rotatable bonds is 5. The van der Waals surface area contributed by atoms with E-state index in [0.29, 0.717) is 22.8 Å². The minimum absolute atomic E-state index is 0.109. The van der Waals surface area contributed by atoms with Crippen molar-refractivity contribution in [1.82, 2.24) is 9.80 Å². The van der Waals surface area contributed by atoms with Gasteiger partial charge in [0.1, 0.15) is 0 Å². The van der Waals surface area contributed by atoms with Crippen LogP contribution < -0.4 is 0 Å². The predicted octanol–water partition coefficient (Wildman–Crippen LogP) is 6.08. The molecule has 0 N–H and O–H groups in total. The lowest BCUT2D eigenvalue weighted by Gasteiger charge is -2.34. The van der Waals surface area contributed by atoms with Crippen molar-refractivity contribution in [3.05, 3.63) is 107 Å². The van der Waals surface area contributed by atoms with Gasteiger partial charge in [-0.3, -0.25) is 4.79 Å². The smallest absolute Gasteiger partial charge is 0.253 e. The van der Waals surface area contributed by atoms with Gasteiger partial charge in [-0.15, -0.1) is 0 Å². The Morgan fingerprint density at radius 2 is 1.39 bits per heavy atom. The summed E-state index contributed by atoms with van der Waals surface area (Å²) in [6.45, 7) is 4.88. The molecule has 3 aromatic carbocycles. The molecular formula is C29H31ClN2O. The van der Waals surface area contributed by atoms with Crippen molar-refractivity contribution in [1.29, 1.82) is 0 Å². The fourth-order valence-corrected chi connectivity index (χ4v) is 5.71. The van der Waals surface area contributed by atoms with Gasteiger partial charge in [0, 0.05) is 36.1 Å². The van der Waals surface area contributed by atoms with Crippen molar-refractivity contribution in [2.75, 3.05) is 32.7 Å². The van der Waals surface area contributed by atoms with E-state index >= 15 is 0 Å². The Bertz CT molecular complexity index is 1050. The number of hydrogen-bond donors (Lipinski definition) is 0. The molecule has 0 saturated carbocycles. The Morgan fingerprint density at radius 3 is 2.03 bits per heavy atom. The molecule has 5 rings (SSSR count). The number of carbonyl (C=O) groups is 1. The number of hydrogen-bond acceptors (Lipinski definition) is 2. The summed E-state index contributed by atoms with van der Waals surface area (Å²) in [4.78, 5) is 17.9. The van der Waals surface area contributed by atoms with Crippen LogP contribution in [0.15, 0.2) is 84.9 Å². The van der Waals surface area contributed by atoms with Crippen LogP contribution in [0, 0.1) is 5.92 Å². The first-order chi connectivity index (χ1) is 16.2. The maximum atomic E-state index is 13.2. The van der Waals surface area contributed by atoms with E-state index in [0.717, 1.165) is 38.3 Å². The van der Waals surface area contributed by atoms with Gasteiger partial charge >= 0.3 is 0 Å². The van der Waals surface area contributed by atoms with Crippen LogP contribution in [0.4, 0.5) is 0 Å². The monoisotopic (exact) mass is 458 g/mol. The van der Waals surface area contributed by atoms with Crippen LogP contribution in [0.5, 0.6) is 0 Å². The number of amides is 1. The SMILES string of the molecule is O=C(c1ccc(Cl)cc1)N1C[C@H](CN2CCC(c3ccccc3)CC2)[C@@H](c2ccccc2)C1. The molecule has 170 valence electrons. The third kappa shape index (κ3) is 5.15. The molecule has 2 atom stereocenters. The summed E-state index contributed by atoms with van der Waals surface area (Å²) in [7, 11) is 0. The summed E-state index contributed by atoms with van der Waals surface area (Å²) < 4.78 is 0. The fraction of sp³-hybridized carbons (Fsp3) is 0.345. The van der Waals surface area contributed by atoms with E-state index < -0.39 is 0 Å². The fourth-order valence-electron chi connectivity index (χ4n) is 5.58. The Kier molecular flexibility index (Phi) is 6.80. The van der Waals surface area contributed by atoms with Gasteiger partial charge in [-0.1, -0.05) is 72.3 Å². The Labute approximate surface area is 202 Å². The average Bonchev–Trinajstić information content (AvgIpc) is 3.29. The standard InChI is InChI=1S/C29H31ClN2O/c30-27-13-11-25(12-14-27)29(33)32-20-26(28(21-32)24-9-5-2-6-10-24)19-31-17-15-23(16-18-31)22-7-3-1-4-8-22/h1-14,23,26,28H,15-21H2/t26-,28+/m0/s1. The van der Waals surface area contributed by atoms with E-state index in [-0.39, 0.29) is 5.91 Å². The Morgan fingerprint density at radius 1 is 0.788 bits per heavy atom. The lowest BCUT2D eigenvalue weighted by molar-refractivity contribution is 0.0781. The van der Waals surface area contributed by atoms with Crippen LogP contribution in [0.3, 0.4) is 0 Å². The summed E-state index contributed by atoms with van der Waals surface area (Å²) in [6, 6.07) is 28.9. The summed E-state index contributed by atoms with van der Waals surface area (Å²) in [5.41, 5.74) is 3.53. The summed E-state index contributed by atoms with van der Waals surface area (Å²) in [6.07, 6.45) is 2.42. The normalized spacial score (nSPS) is 21.9. The molecule has 2 fully saturated rings. The van der Waals surface area contributed by atoms with Crippen LogP contribution >= 0.6 is 11.6 Å². The maximum Gasteiger partial charge on any atom is 0.253 e. The second-order valence-electron chi connectivity index (χ2n) is 9.48. The first-order valence-electron chi connectivity index (χ1n) is 12.0. The summed E-state index contributed by atoms with van der Waals surface area (Å²) >= 11 is 6.03. The molecule has 0 spiro atoms. The lowest BCUT2D eigenvalue weighted by atomic mass is 9.86. The molecule has 0 radical (unpaired) electrons. The summed E-state index contributed by atoms with van der Waals surface area (Å²) in [5, 5.41) is 0.659. The number of benzene rings is 3. The van der Waals surface area contributed by atoms with Crippen LogP contribution in [0.1, 0.15) is 46.2 Å². The quantitative estimate of drug-likeness (QED) is 0.463. The molecule has 2 saturated heterocycles. The van der Waals surface area contributed by atoms with E-state index in [2.05, 4.69) is 65.6 Å². The topological polar surface area (TPSA) is 23.6 Å². The Hall–Kier alpha value is -2.62. The maximum absolute atomic E-state index is 13.2. The molecule has 1 amide bonds. The number of halogens is 1. The van der Waals surface area contributed by atoms with E-state index in [4.69, 9.17) is 11.6 Å². The summed E-state index contributed by atoms with van der Waals surface area (Å²) in [5.74, 6) is 1.59. The highest BCUT2D eigenvalue weighted by Crippen LogP contribution is 2.36. The molecule has 0 bridgehead atoms.